The van der Waals surface area contributed by atoms with Gasteiger partial charge in [-0.2, -0.15) is 0 Å². The van der Waals surface area contributed by atoms with Gasteiger partial charge in [-0.25, -0.2) is 0 Å². The van der Waals surface area contributed by atoms with Gasteiger partial charge in [0.2, 0.25) is 0 Å². The summed E-state index contributed by atoms with van der Waals surface area (Å²) in [6, 6.07) is 3.98. The van der Waals surface area contributed by atoms with E-state index >= 15 is 0 Å². The third kappa shape index (κ3) is 2.72. The van der Waals surface area contributed by atoms with Gasteiger partial charge in [-0.05, 0) is 23.5 Å². The van der Waals surface area contributed by atoms with E-state index in [4.69, 9.17) is 4.74 Å². The van der Waals surface area contributed by atoms with E-state index in [0.29, 0.717) is 5.92 Å². The summed E-state index contributed by atoms with van der Waals surface area (Å²) < 4.78 is 6.18. The Kier molecular flexibility index (Phi) is 4.94. The van der Waals surface area contributed by atoms with Crippen LogP contribution in [0.2, 0.25) is 43.3 Å². The first-order valence-corrected chi connectivity index (χ1v) is 15.0. The number of fused-ring (bicyclic) bond motifs is 2. The molecule has 3 heteroatoms. The van der Waals surface area contributed by atoms with Crippen LogP contribution in [0, 0.1) is 11.8 Å². The topological polar surface area (TPSA) is 9.23 Å². The van der Waals surface area contributed by atoms with Crippen molar-refractivity contribution >= 4 is 16.1 Å². The van der Waals surface area contributed by atoms with Gasteiger partial charge in [0, 0.05) is 5.92 Å². The van der Waals surface area contributed by atoms with Crippen molar-refractivity contribution in [2.24, 2.45) is 11.8 Å². The Bertz CT molecular complexity index is 432. The van der Waals surface area contributed by atoms with Gasteiger partial charge >= 0.3 is 0 Å². The van der Waals surface area contributed by atoms with Crippen molar-refractivity contribution < 1.29 is 4.74 Å². The highest BCUT2D eigenvalue weighted by Gasteiger charge is 2.50. The second-order valence-electron chi connectivity index (χ2n) is 8.06. The van der Waals surface area contributed by atoms with Crippen LogP contribution in [0.25, 0.3) is 0 Å². The van der Waals surface area contributed by atoms with E-state index in [1.807, 2.05) is 7.11 Å². The lowest BCUT2D eigenvalue weighted by molar-refractivity contribution is 0.306. The SMILES string of the molecule is CC[Si](CC)(CC)/C(OC)=C1/C([Si](C)(C)C)[C@@H]2C=C[C@H]1C2. The Morgan fingerprint density at radius 2 is 1.67 bits per heavy atom. The Morgan fingerprint density at radius 1 is 1.10 bits per heavy atom. The molecular weight excluding hydrogens is 288 g/mol. The van der Waals surface area contributed by atoms with Crippen molar-refractivity contribution in [2.45, 2.75) is 70.5 Å². The van der Waals surface area contributed by atoms with Crippen LogP contribution in [0.3, 0.4) is 0 Å². The van der Waals surface area contributed by atoms with Crippen molar-refractivity contribution in [3.8, 4) is 0 Å². The minimum Gasteiger partial charge on any atom is -0.506 e. The van der Waals surface area contributed by atoms with E-state index in [1.54, 1.807) is 5.57 Å². The fourth-order valence-corrected chi connectivity index (χ4v) is 11.8. The number of rotatable bonds is 6. The molecular formula is C18H34OSi2. The molecule has 1 fully saturated rings. The first kappa shape index (κ1) is 17.1. The number of hydrogen-bond donors (Lipinski definition) is 0. The Hall–Kier alpha value is -0.286. The van der Waals surface area contributed by atoms with Crippen LogP contribution in [0.5, 0.6) is 0 Å². The molecule has 0 N–H and O–H groups in total. The van der Waals surface area contributed by atoms with Crippen LogP contribution in [-0.4, -0.2) is 23.3 Å². The summed E-state index contributed by atoms with van der Waals surface area (Å²) in [5.41, 5.74) is 2.57. The molecule has 0 aliphatic heterocycles. The molecule has 120 valence electrons. The molecule has 0 spiro atoms. The predicted molar refractivity (Wildman–Crippen MR) is 99.1 cm³/mol. The fraction of sp³-hybridized carbons (Fsp3) is 0.778. The summed E-state index contributed by atoms with van der Waals surface area (Å²) in [6.45, 7) is 14.8. The first-order chi connectivity index (χ1) is 9.84. The van der Waals surface area contributed by atoms with Gasteiger partial charge in [-0.15, -0.1) is 0 Å². The average molecular weight is 323 g/mol. The van der Waals surface area contributed by atoms with Crippen molar-refractivity contribution in [3.05, 3.63) is 23.1 Å². The summed E-state index contributed by atoms with van der Waals surface area (Å²) in [5.74, 6) is 1.50. The molecule has 0 saturated heterocycles. The van der Waals surface area contributed by atoms with Crippen LogP contribution in [-0.2, 0) is 4.74 Å². The highest BCUT2D eigenvalue weighted by Crippen LogP contribution is 2.57. The summed E-state index contributed by atoms with van der Waals surface area (Å²) in [7, 11) is -0.682. The van der Waals surface area contributed by atoms with Crippen LogP contribution >= 0.6 is 0 Å². The summed E-state index contributed by atoms with van der Waals surface area (Å²) in [4.78, 5) is 0. The molecule has 2 aliphatic rings. The van der Waals surface area contributed by atoms with E-state index in [0.717, 1.165) is 11.5 Å². The molecule has 0 aromatic rings. The maximum absolute atomic E-state index is 6.18. The van der Waals surface area contributed by atoms with E-state index in [9.17, 15) is 0 Å². The quantitative estimate of drug-likeness (QED) is 0.338. The van der Waals surface area contributed by atoms with E-state index < -0.39 is 16.1 Å². The molecule has 3 atom stereocenters. The third-order valence-corrected chi connectivity index (χ3v) is 14.3. The molecule has 1 saturated carbocycles. The molecule has 2 aliphatic carbocycles. The van der Waals surface area contributed by atoms with E-state index in [2.05, 4.69) is 52.6 Å². The lowest BCUT2D eigenvalue weighted by Gasteiger charge is -2.38. The van der Waals surface area contributed by atoms with Gasteiger partial charge in [0.05, 0.1) is 20.6 Å². The highest BCUT2D eigenvalue weighted by molar-refractivity contribution is 6.86. The van der Waals surface area contributed by atoms with E-state index in [1.165, 1.54) is 29.9 Å². The first-order valence-electron chi connectivity index (χ1n) is 8.81. The lowest BCUT2D eigenvalue weighted by atomic mass is 10.0. The molecule has 21 heavy (non-hydrogen) atoms. The van der Waals surface area contributed by atoms with E-state index in [-0.39, 0.29) is 0 Å². The molecule has 0 amide bonds. The van der Waals surface area contributed by atoms with Crippen LogP contribution in [0.1, 0.15) is 27.2 Å². The minimum atomic E-state index is -1.42. The summed E-state index contributed by atoms with van der Waals surface area (Å²) >= 11 is 0. The zero-order chi connectivity index (χ0) is 15.8. The van der Waals surface area contributed by atoms with Gasteiger partial charge in [0.25, 0.3) is 0 Å². The van der Waals surface area contributed by atoms with Crippen LogP contribution < -0.4 is 0 Å². The Labute approximate surface area is 133 Å². The zero-order valence-electron chi connectivity index (χ0n) is 15.1. The van der Waals surface area contributed by atoms with Gasteiger partial charge in [0.1, 0.15) is 8.07 Å². The van der Waals surface area contributed by atoms with Crippen molar-refractivity contribution in [1.29, 1.82) is 0 Å². The molecule has 1 unspecified atom stereocenters. The smallest absolute Gasteiger partial charge is 0.130 e. The monoisotopic (exact) mass is 322 g/mol. The van der Waals surface area contributed by atoms with Crippen LogP contribution in [0.4, 0.5) is 0 Å². The standard InChI is InChI=1S/C18H34OSi2/c1-8-21(9-2,10-3)18(19-4)16-14-11-12-15(13-14)17(16)20(5,6)7/h11-12,14-15,17H,8-10,13H2,1-7H3/b18-16+/t14-,15+,17?/m0/s1. The minimum absolute atomic E-state index is 0.693. The van der Waals surface area contributed by atoms with Gasteiger partial charge in [-0.1, -0.05) is 70.7 Å². The summed E-state index contributed by atoms with van der Waals surface area (Å²) in [6.07, 6.45) is 6.35. The van der Waals surface area contributed by atoms with Gasteiger partial charge in [-0.3, -0.25) is 0 Å². The highest BCUT2D eigenvalue weighted by atomic mass is 28.3. The number of hydrogen-bond acceptors (Lipinski definition) is 1. The lowest BCUT2D eigenvalue weighted by Crippen LogP contribution is -2.40. The maximum atomic E-state index is 6.18. The largest absolute Gasteiger partial charge is 0.506 e. The van der Waals surface area contributed by atoms with Crippen molar-refractivity contribution in [3.63, 3.8) is 0 Å². The zero-order valence-corrected chi connectivity index (χ0v) is 17.1. The molecule has 0 aromatic heterocycles. The third-order valence-electron chi connectivity index (χ3n) is 6.19. The Morgan fingerprint density at radius 3 is 2.10 bits per heavy atom. The molecule has 0 radical (unpaired) electrons. The second kappa shape index (κ2) is 6.07. The maximum Gasteiger partial charge on any atom is 0.130 e. The number of methoxy groups -OCH3 is 1. The van der Waals surface area contributed by atoms with Gasteiger partial charge < -0.3 is 4.74 Å². The molecule has 1 nitrogen and oxygen atoms in total. The van der Waals surface area contributed by atoms with Crippen LogP contribution in [0.15, 0.2) is 23.1 Å². The summed E-state index contributed by atoms with van der Waals surface area (Å²) in [5, 5.41) is 1.50. The molecule has 2 bridgehead atoms. The second-order valence-corrected chi connectivity index (χ2v) is 18.6. The average Bonchev–Trinajstić information content (AvgIpc) is 3.04. The normalized spacial score (nSPS) is 30.9. The fourth-order valence-electron chi connectivity index (χ4n) is 4.96. The van der Waals surface area contributed by atoms with Gasteiger partial charge in [0.15, 0.2) is 0 Å². The molecule has 2 rings (SSSR count). The molecule has 0 heterocycles. The van der Waals surface area contributed by atoms with Crippen molar-refractivity contribution in [2.75, 3.05) is 7.11 Å². The predicted octanol–water partition coefficient (Wildman–Crippen LogP) is 5.85. The van der Waals surface area contributed by atoms with Crippen molar-refractivity contribution in [1.82, 2.24) is 0 Å². The Balaban J connectivity index is 2.59. The molecule has 0 aromatic carbocycles. The number of allylic oxidation sites excluding steroid dienone is 3. The number of ether oxygens (including phenoxy) is 1.